The molecule has 3 rings (SSSR count). The van der Waals surface area contributed by atoms with Crippen LogP contribution in [-0.4, -0.2) is 34.2 Å². The summed E-state index contributed by atoms with van der Waals surface area (Å²) in [7, 11) is 0. The van der Waals surface area contributed by atoms with Crippen LogP contribution in [0.4, 0.5) is 0 Å². The van der Waals surface area contributed by atoms with Crippen LogP contribution in [0.3, 0.4) is 0 Å². The molecule has 1 fully saturated rings. The van der Waals surface area contributed by atoms with E-state index >= 15 is 0 Å². The molecular weight excluding hydrogens is 306 g/mol. The number of fused-ring (bicyclic) bond motifs is 1. The number of rotatable bonds is 5. The van der Waals surface area contributed by atoms with Gasteiger partial charge in [0.05, 0.1) is 23.0 Å². The van der Waals surface area contributed by atoms with Gasteiger partial charge in [-0.2, -0.15) is 0 Å². The van der Waals surface area contributed by atoms with Crippen molar-refractivity contribution in [1.82, 2.24) is 14.9 Å². The third-order valence-corrected chi connectivity index (χ3v) is 4.53. The Labute approximate surface area is 140 Å². The highest BCUT2D eigenvalue weighted by molar-refractivity contribution is 5.78. The lowest BCUT2D eigenvalue weighted by Crippen LogP contribution is -2.41. The van der Waals surface area contributed by atoms with Crippen molar-refractivity contribution >= 4 is 16.8 Å². The third-order valence-electron chi connectivity index (χ3n) is 4.53. The topological polar surface area (TPSA) is 73.2 Å². The number of aryl methyl sites for hydroxylation is 1. The molecule has 2 heterocycles. The van der Waals surface area contributed by atoms with Gasteiger partial charge in [0.15, 0.2) is 0 Å². The summed E-state index contributed by atoms with van der Waals surface area (Å²) in [5.41, 5.74) is 0.589. The first-order chi connectivity index (χ1) is 11.6. The van der Waals surface area contributed by atoms with E-state index < -0.39 is 0 Å². The minimum Gasteiger partial charge on any atom is -0.376 e. The van der Waals surface area contributed by atoms with Crippen LogP contribution in [0.1, 0.15) is 32.0 Å². The Bertz CT molecular complexity index is 794. The number of carbonyl (C=O) groups excluding carboxylic acids is 1. The molecule has 1 N–H and O–H groups in total. The number of hydrogen-bond acceptors (Lipinski definition) is 4. The molecule has 0 saturated carbocycles. The van der Waals surface area contributed by atoms with E-state index in [1.165, 1.54) is 0 Å². The number of benzene rings is 1. The molecule has 1 aliphatic rings. The standard InChI is InChI=1S/C18H23N3O3/c1-12(16-8-5-11-24-16)19-17(22)9-10-21-13(2)20-15-7-4-3-6-14(15)18(21)23/h3-4,6-7,12,16H,5,8-11H2,1-2H3,(H,19,22)/t12-,16-/m0/s1. The lowest BCUT2D eigenvalue weighted by atomic mass is 10.1. The summed E-state index contributed by atoms with van der Waals surface area (Å²) in [4.78, 5) is 29.2. The van der Waals surface area contributed by atoms with Gasteiger partial charge in [-0.25, -0.2) is 4.98 Å². The summed E-state index contributed by atoms with van der Waals surface area (Å²) in [6.45, 7) is 4.85. The zero-order valence-corrected chi connectivity index (χ0v) is 14.1. The molecule has 0 spiro atoms. The number of hydrogen-bond donors (Lipinski definition) is 1. The van der Waals surface area contributed by atoms with E-state index in [-0.39, 0.29) is 30.0 Å². The fourth-order valence-corrected chi connectivity index (χ4v) is 3.17. The Kier molecular flexibility index (Phi) is 4.94. The molecule has 0 bridgehead atoms. The van der Waals surface area contributed by atoms with Gasteiger partial charge in [0.2, 0.25) is 5.91 Å². The Morgan fingerprint density at radius 2 is 2.25 bits per heavy atom. The molecule has 1 saturated heterocycles. The smallest absolute Gasteiger partial charge is 0.261 e. The number of nitrogens with one attached hydrogen (secondary N) is 1. The molecule has 0 unspecified atom stereocenters. The molecule has 2 atom stereocenters. The van der Waals surface area contributed by atoms with Crippen molar-refractivity contribution in [2.75, 3.05) is 6.61 Å². The van der Waals surface area contributed by atoms with Gasteiger partial charge >= 0.3 is 0 Å². The van der Waals surface area contributed by atoms with Crippen molar-refractivity contribution in [3.05, 3.63) is 40.4 Å². The van der Waals surface area contributed by atoms with Gasteiger partial charge in [-0.3, -0.25) is 14.2 Å². The Balaban J connectivity index is 1.67. The first-order valence-electron chi connectivity index (χ1n) is 8.43. The normalized spacial score (nSPS) is 18.7. The lowest BCUT2D eigenvalue weighted by Gasteiger charge is -2.20. The van der Waals surface area contributed by atoms with E-state index in [4.69, 9.17) is 4.74 Å². The number of carbonyl (C=O) groups is 1. The number of ether oxygens (including phenoxy) is 1. The van der Waals surface area contributed by atoms with Gasteiger partial charge in [0, 0.05) is 19.6 Å². The average Bonchev–Trinajstić information content (AvgIpc) is 3.09. The second-order valence-corrected chi connectivity index (χ2v) is 6.29. The molecule has 24 heavy (non-hydrogen) atoms. The Morgan fingerprint density at radius 3 is 3.00 bits per heavy atom. The second kappa shape index (κ2) is 7.13. The van der Waals surface area contributed by atoms with Crippen molar-refractivity contribution < 1.29 is 9.53 Å². The average molecular weight is 329 g/mol. The fourth-order valence-electron chi connectivity index (χ4n) is 3.17. The summed E-state index contributed by atoms with van der Waals surface area (Å²) < 4.78 is 7.15. The fraction of sp³-hybridized carbons (Fsp3) is 0.500. The summed E-state index contributed by atoms with van der Waals surface area (Å²) in [5.74, 6) is 0.552. The Hall–Kier alpha value is -2.21. The maximum absolute atomic E-state index is 12.6. The molecule has 1 aliphatic heterocycles. The Morgan fingerprint density at radius 1 is 1.46 bits per heavy atom. The quantitative estimate of drug-likeness (QED) is 0.907. The molecule has 2 aromatic rings. The van der Waals surface area contributed by atoms with Crippen LogP contribution in [0.15, 0.2) is 29.1 Å². The van der Waals surface area contributed by atoms with Crippen LogP contribution < -0.4 is 10.9 Å². The number of para-hydroxylation sites is 1. The van der Waals surface area contributed by atoms with Crippen LogP contribution in [0.5, 0.6) is 0 Å². The van der Waals surface area contributed by atoms with Crippen LogP contribution in [-0.2, 0) is 16.1 Å². The van der Waals surface area contributed by atoms with E-state index in [2.05, 4.69) is 10.3 Å². The van der Waals surface area contributed by atoms with Gasteiger partial charge in [-0.1, -0.05) is 12.1 Å². The summed E-state index contributed by atoms with van der Waals surface area (Å²) in [5, 5.41) is 3.55. The largest absolute Gasteiger partial charge is 0.376 e. The highest BCUT2D eigenvalue weighted by Crippen LogP contribution is 2.15. The molecule has 0 aliphatic carbocycles. The monoisotopic (exact) mass is 329 g/mol. The highest BCUT2D eigenvalue weighted by atomic mass is 16.5. The SMILES string of the molecule is Cc1nc2ccccc2c(=O)n1CCC(=O)N[C@@H](C)[C@@H]1CCCO1. The van der Waals surface area contributed by atoms with Crippen molar-refractivity contribution in [3.8, 4) is 0 Å². The first kappa shape index (κ1) is 16.6. The van der Waals surface area contributed by atoms with Crippen molar-refractivity contribution in [2.45, 2.75) is 51.8 Å². The van der Waals surface area contributed by atoms with Gasteiger partial charge in [-0.15, -0.1) is 0 Å². The minimum absolute atomic E-state index is 0.00690. The zero-order chi connectivity index (χ0) is 17.1. The summed E-state index contributed by atoms with van der Waals surface area (Å²) >= 11 is 0. The lowest BCUT2D eigenvalue weighted by molar-refractivity contribution is -0.122. The van der Waals surface area contributed by atoms with E-state index in [0.717, 1.165) is 19.4 Å². The molecule has 1 amide bonds. The van der Waals surface area contributed by atoms with Crippen LogP contribution >= 0.6 is 0 Å². The van der Waals surface area contributed by atoms with Crippen LogP contribution in [0.2, 0.25) is 0 Å². The van der Waals surface area contributed by atoms with Crippen LogP contribution in [0, 0.1) is 6.92 Å². The molecule has 128 valence electrons. The van der Waals surface area contributed by atoms with Gasteiger partial charge in [0.1, 0.15) is 5.82 Å². The number of amides is 1. The number of aromatic nitrogens is 2. The van der Waals surface area contributed by atoms with Gasteiger partial charge in [0.25, 0.3) is 5.56 Å². The first-order valence-corrected chi connectivity index (χ1v) is 8.43. The summed E-state index contributed by atoms with van der Waals surface area (Å²) in [6.07, 6.45) is 2.37. The highest BCUT2D eigenvalue weighted by Gasteiger charge is 2.23. The molecular formula is C18H23N3O3. The van der Waals surface area contributed by atoms with E-state index in [1.807, 2.05) is 25.1 Å². The van der Waals surface area contributed by atoms with E-state index in [9.17, 15) is 9.59 Å². The predicted octanol–water partition coefficient (Wildman–Crippen LogP) is 1.78. The zero-order valence-electron chi connectivity index (χ0n) is 14.1. The molecule has 1 aromatic heterocycles. The molecule has 0 radical (unpaired) electrons. The van der Waals surface area contributed by atoms with Gasteiger partial charge < -0.3 is 10.1 Å². The third kappa shape index (κ3) is 3.48. The molecule has 6 nitrogen and oxygen atoms in total. The number of nitrogens with zero attached hydrogens (tertiary/aromatic N) is 2. The van der Waals surface area contributed by atoms with Crippen molar-refractivity contribution in [1.29, 1.82) is 0 Å². The van der Waals surface area contributed by atoms with E-state index in [0.29, 0.717) is 23.3 Å². The predicted molar refractivity (Wildman–Crippen MR) is 91.9 cm³/mol. The maximum atomic E-state index is 12.6. The van der Waals surface area contributed by atoms with Gasteiger partial charge in [-0.05, 0) is 38.8 Å². The van der Waals surface area contributed by atoms with E-state index in [1.54, 1.807) is 17.6 Å². The summed E-state index contributed by atoms with van der Waals surface area (Å²) in [6, 6.07) is 7.26. The maximum Gasteiger partial charge on any atom is 0.261 e. The second-order valence-electron chi connectivity index (χ2n) is 6.29. The van der Waals surface area contributed by atoms with Crippen LogP contribution in [0.25, 0.3) is 10.9 Å². The molecule has 6 heteroatoms. The van der Waals surface area contributed by atoms with Crippen molar-refractivity contribution in [2.24, 2.45) is 0 Å². The molecule has 1 aromatic carbocycles. The minimum atomic E-state index is -0.0990. The van der Waals surface area contributed by atoms with Crippen molar-refractivity contribution in [3.63, 3.8) is 0 Å².